The first kappa shape index (κ1) is 22.6. The molecular formula is C24H32N4O4. The minimum Gasteiger partial charge on any atom is -0.394 e. The first-order valence-electron chi connectivity index (χ1n) is 11.5. The second kappa shape index (κ2) is 10.8. The average Bonchev–Trinajstić information content (AvgIpc) is 2.84. The molecule has 0 radical (unpaired) electrons. The zero-order valence-electron chi connectivity index (χ0n) is 18.5. The molecule has 1 saturated heterocycles. The van der Waals surface area contributed by atoms with Gasteiger partial charge < -0.3 is 14.7 Å². The number of ether oxygens (including phenoxy) is 1. The van der Waals surface area contributed by atoms with Gasteiger partial charge in [0.2, 0.25) is 0 Å². The van der Waals surface area contributed by atoms with Gasteiger partial charge in [0.15, 0.2) is 0 Å². The summed E-state index contributed by atoms with van der Waals surface area (Å²) in [6.07, 6.45) is 4.46. The molecule has 0 atom stereocenters. The van der Waals surface area contributed by atoms with E-state index >= 15 is 0 Å². The summed E-state index contributed by atoms with van der Waals surface area (Å²) in [5.41, 5.74) is 4.56. The van der Waals surface area contributed by atoms with Crippen molar-refractivity contribution in [3.8, 4) is 0 Å². The number of benzene rings is 1. The van der Waals surface area contributed by atoms with Gasteiger partial charge in [-0.2, -0.15) is 5.10 Å². The maximum absolute atomic E-state index is 13.1. The molecule has 1 amide bonds. The van der Waals surface area contributed by atoms with Crippen LogP contribution in [0.25, 0.3) is 0 Å². The molecule has 172 valence electrons. The van der Waals surface area contributed by atoms with Gasteiger partial charge in [0.1, 0.15) is 0 Å². The molecule has 1 aliphatic heterocycles. The molecule has 2 N–H and O–H groups in total. The van der Waals surface area contributed by atoms with Gasteiger partial charge in [-0.25, -0.2) is 5.10 Å². The van der Waals surface area contributed by atoms with Crippen LogP contribution in [0.4, 0.5) is 0 Å². The molecule has 1 aliphatic carbocycles. The number of hydrogen-bond donors (Lipinski definition) is 2. The van der Waals surface area contributed by atoms with Crippen LogP contribution < -0.4 is 5.56 Å². The van der Waals surface area contributed by atoms with Crippen molar-refractivity contribution >= 4 is 5.91 Å². The van der Waals surface area contributed by atoms with Gasteiger partial charge in [0.05, 0.1) is 25.5 Å². The van der Waals surface area contributed by atoms with E-state index in [4.69, 9.17) is 9.84 Å². The molecule has 1 fully saturated rings. The molecule has 0 saturated carbocycles. The number of carbonyl (C=O) groups is 1. The van der Waals surface area contributed by atoms with Crippen LogP contribution in [0.1, 0.15) is 45.6 Å². The molecule has 0 bridgehead atoms. The molecular weight excluding hydrogens is 408 g/mol. The fourth-order valence-corrected chi connectivity index (χ4v) is 4.60. The fourth-order valence-electron chi connectivity index (χ4n) is 4.60. The van der Waals surface area contributed by atoms with E-state index in [1.54, 1.807) is 0 Å². The highest BCUT2D eigenvalue weighted by Gasteiger charge is 2.23. The van der Waals surface area contributed by atoms with Crippen molar-refractivity contribution in [3.63, 3.8) is 0 Å². The van der Waals surface area contributed by atoms with E-state index in [0.29, 0.717) is 38.3 Å². The van der Waals surface area contributed by atoms with Gasteiger partial charge in [-0.05, 0) is 48.9 Å². The van der Waals surface area contributed by atoms with Gasteiger partial charge in [-0.1, -0.05) is 12.1 Å². The number of aliphatic hydroxyl groups excluding tert-OH is 1. The Balaban J connectivity index is 1.38. The van der Waals surface area contributed by atoms with Gasteiger partial charge in [-0.15, -0.1) is 0 Å². The number of piperazine rings is 1. The van der Waals surface area contributed by atoms with E-state index in [-0.39, 0.29) is 18.1 Å². The van der Waals surface area contributed by atoms with E-state index in [1.165, 1.54) is 0 Å². The third-order valence-electron chi connectivity index (χ3n) is 6.38. The van der Waals surface area contributed by atoms with Crippen LogP contribution in [0.2, 0.25) is 0 Å². The van der Waals surface area contributed by atoms with Crippen LogP contribution in [0.3, 0.4) is 0 Å². The highest BCUT2D eigenvalue weighted by atomic mass is 16.5. The molecule has 4 rings (SSSR count). The molecule has 1 aromatic heterocycles. The number of hydrogen-bond acceptors (Lipinski definition) is 6. The van der Waals surface area contributed by atoms with E-state index < -0.39 is 0 Å². The lowest BCUT2D eigenvalue weighted by atomic mass is 9.90. The molecule has 2 aliphatic rings. The molecule has 0 spiro atoms. The Morgan fingerprint density at radius 1 is 1.09 bits per heavy atom. The lowest BCUT2D eigenvalue weighted by molar-refractivity contribution is 0.0486. The Labute approximate surface area is 188 Å². The summed E-state index contributed by atoms with van der Waals surface area (Å²) in [6.45, 7) is 4.85. The fraction of sp³-hybridized carbons (Fsp3) is 0.542. The largest absolute Gasteiger partial charge is 0.394 e. The van der Waals surface area contributed by atoms with Crippen molar-refractivity contribution in [2.24, 2.45) is 0 Å². The quantitative estimate of drug-likeness (QED) is 0.595. The topological polar surface area (TPSA) is 98.8 Å². The second-order valence-corrected chi connectivity index (χ2v) is 8.51. The van der Waals surface area contributed by atoms with E-state index in [2.05, 4.69) is 15.1 Å². The number of H-pyrrole nitrogens is 1. The third-order valence-corrected chi connectivity index (χ3v) is 6.38. The maximum atomic E-state index is 13.1. The molecule has 32 heavy (non-hydrogen) atoms. The Bertz CT molecular complexity index is 982. The first-order chi connectivity index (χ1) is 15.7. The van der Waals surface area contributed by atoms with Gasteiger partial charge in [0.25, 0.3) is 11.5 Å². The number of amides is 1. The number of rotatable bonds is 8. The number of aromatic nitrogens is 2. The van der Waals surface area contributed by atoms with Gasteiger partial charge in [0, 0.05) is 50.3 Å². The summed E-state index contributed by atoms with van der Waals surface area (Å²) in [5.74, 6) is 0.0551. The number of aromatic amines is 1. The monoisotopic (exact) mass is 440 g/mol. The Kier molecular flexibility index (Phi) is 7.68. The normalized spacial score (nSPS) is 16.7. The smallest absolute Gasteiger partial charge is 0.267 e. The summed E-state index contributed by atoms with van der Waals surface area (Å²) in [6, 6.07) is 7.77. The van der Waals surface area contributed by atoms with Crippen molar-refractivity contribution in [3.05, 3.63) is 62.6 Å². The van der Waals surface area contributed by atoms with Crippen molar-refractivity contribution in [1.29, 1.82) is 0 Å². The van der Waals surface area contributed by atoms with Crippen LogP contribution in [0, 0.1) is 0 Å². The minimum atomic E-state index is -0.0634. The predicted molar refractivity (Wildman–Crippen MR) is 121 cm³/mol. The van der Waals surface area contributed by atoms with Crippen molar-refractivity contribution in [2.75, 3.05) is 52.5 Å². The number of carbonyl (C=O) groups excluding carboxylic acids is 1. The van der Waals surface area contributed by atoms with Crippen LogP contribution in [0.5, 0.6) is 0 Å². The van der Waals surface area contributed by atoms with Crippen LogP contribution in [-0.2, 0) is 24.0 Å². The summed E-state index contributed by atoms with van der Waals surface area (Å²) < 4.78 is 5.34. The van der Waals surface area contributed by atoms with Crippen molar-refractivity contribution < 1.29 is 14.6 Å². The number of nitrogens with one attached hydrogen (secondary N) is 1. The van der Waals surface area contributed by atoms with Gasteiger partial charge >= 0.3 is 0 Å². The van der Waals surface area contributed by atoms with E-state index in [9.17, 15) is 9.59 Å². The van der Waals surface area contributed by atoms with Crippen LogP contribution in [0.15, 0.2) is 29.1 Å². The zero-order chi connectivity index (χ0) is 22.3. The van der Waals surface area contributed by atoms with Crippen LogP contribution >= 0.6 is 0 Å². The van der Waals surface area contributed by atoms with Gasteiger partial charge in [-0.3, -0.25) is 14.5 Å². The summed E-state index contributed by atoms with van der Waals surface area (Å²) in [5, 5.41) is 15.8. The molecule has 2 aromatic rings. The molecule has 1 aromatic carbocycles. The zero-order valence-corrected chi connectivity index (χ0v) is 18.5. The van der Waals surface area contributed by atoms with E-state index in [1.807, 2.05) is 29.2 Å². The average molecular weight is 441 g/mol. The van der Waals surface area contributed by atoms with Crippen molar-refractivity contribution in [1.82, 2.24) is 20.0 Å². The summed E-state index contributed by atoms with van der Waals surface area (Å²) in [4.78, 5) is 29.4. The lowest BCUT2D eigenvalue weighted by Crippen LogP contribution is -2.49. The second-order valence-electron chi connectivity index (χ2n) is 8.51. The molecule has 2 heterocycles. The first-order valence-corrected chi connectivity index (χ1v) is 11.5. The molecule has 8 heteroatoms. The minimum absolute atomic E-state index is 0.0437. The Morgan fingerprint density at radius 2 is 1.88 bits per heavy atom. The lowest BCUT2D eigenvalue weighted by Gasteiger charge is -2.34. The summed E-state index contributed by atoms with van der Waals surface area (Å²) >= 11 is 0. The number of aliphatic hydroxyl groups is 1. The Hall–Kier alpha value is -2.55. The maximum Gasteiger partial charge on any atom is 0.267 e. The SMILES string of the molecule is O=C(c1cccc(Cc2n[nH]c(=O)c3c2CCCC3)c1)N1CCN(CCOCCO)CC1. The predicted octanol–water partition coefficient (Wildman–Crippen LogP) is 1.01. The Morgan fingerprint density at radius 3 is 2.66 bits per heavy atom. The standard InChI is InChI=1S/C24H32N4O4/c29-13-15-32-14-12-27-8-10-28(11-9-27)24(31)19-5-3-4-18(16-19)17-22-20-6-1-2-7-21(20)23(30)26-25-22/h3-5,16,29H,1-2,6-15,17H2,(H,26,30). The molecule has 0 unspecified atom stereocenters. The molecule has 8 nitrogen and oxygen atoms in total. The van der Waals surface area contributed by atoms with Crippen LogP contribution in [-0.4, -0.2) is 83.6 Å². The summed E-state index contributed by atoms with van der Waals surface area (Å²) in [7, 11) is 0. The third kappa shape index (κ3) is 5.43. The number of nitrogens with zero attached hydrogens (tertiary/aromatic N) is 3. The van der Waals surface area contributed by atoms with E-state index in [0.717, 1.165) is 67.7 Å². The van der Waals surface area contributed by atoms with Crippen molar-refractivity contribution in [2.45, 2.75) is 32.1 Å². The number of fused-ring (bicyclic) bond motifs is 1. The highest BCUT2D eigenvalue weighted by molar-refractivity contribution is 5.94. The highest BCUT2D eigenvalue weighted by Crippen LogP contribution is 2.22.